The van der Waals surface area contributed by atoms with Crippen LogP contribution in [0.5, 0.6) is 0 Å². The second-order valence-corrected chi connectivity index (χ2v) is 10.2. The monoisotopic (exact) mass is 526 g/mol. The molecule has 3 heterocycles. The summed E-state index contributed by atoms with van der Waals surface area (Å²) >= 11 is 0. The maximum absolute atomic E-state index is 11.3. The molecule has 0 radical (unpaired) electrons. The first kappa shape index (κ1) is 26.8. The van der Waals surface area contributed by atoms with Crippen LogP contribution in [-0.2, 0) is 31.6 Å². The van der Waals surface area contributed by atoms with E-state index in [1.165, 1.54) is 12.5 Å². The predicted octanol–water partition coefficient (Wildman–Crippen LogP) is -2.59. The lowest BCUT2D eigenvalue weighted by atomic mass is 10.1. The molecule has 3 rings (SSSR count). The van der Waals surface area contributed by atoms with Crippen LogP contribution in [0.3, 0.4) is 0 Å². The first-order valence-corrected chi connectivity index (χ1v) is 12.5. The first-order valence-electron chi connectivity index (χ1n) is 7.95. The fourth-order valence-corrected chi connectivity index (χ4v) is 5.14. The number of nitrogens with zero attached hydrogens (tertiary/aromatic N) is 2. The number of ether oxygens (including phenoxy) is 1. The van der Waals surface area contributed by atoms with Crippen LogP contribution in [0.2, 0.25) is 0 Å². The molecule has 182 valence electrons. The molecule has 9 N–H and O–H groups in total. The molecule has 1 fully saturated rings. The standard InChI is InChI=1S/C5H4N4O.C5H13O14P3/c10-5-3-1-8-9-4(3)6-2-7-5;6-3-2(17-5(8)4(3)7)1-16-21(12,13)19-22(14,15)18-20(9,10)11/h1-2H,(H2,6,7,8,9,10);2-8H,1H2,(H,12,13)(H,14,15)(H2,9,10,11)/t;2-,3-,4-,5?/m.1/s1. The molecule has 2 aromatic heterocycles. The Hall–Kier alpha value is -1.40. The van der Waals surface area contributed by atoms with E-state index in [2.05, 4.69) is 38.0 Å². The van der Waals surface area contributed by atoms with E-state index >= 15 is 0 Å². The Labute approximate surface area is 176 Å². The molecule has 6 atom stereocenters. The molecule has 3 unspecified atom stereocenters. The zero-order valence-corrected chi connectivity index (χ0v) is 18.0. The van der Waals surface area contributed by atoms with E-state index in [9.17, 15) is 23.6 Å². The van der Waals surface area contributed by atoms with Gasteiger partial charge in [-0.3, -0.25) is 14.4 Å². The summed E-state index contributed by atoms with van der Waals surface area (Å²) in [5, 5.41) is 34.3. The van der Waals surface area contributed by atoms with Gasteiger partial charge >= 0.3 is 23.5 Å². The first-order chi connectivity index (χ1) is 14.6. The highest BCUT2D eigenvalue weighted by molar-refractivity contribution is 7.66. The van der Waals surface area contributed by atoms with Crippen molar-refractivity contribution in [3.63, 3.8) is 0 Å². The van der Waals surface area contributed by atoms with Crippen LogP contribution >= 0.6 is 23.5 Å². The largest absolute Gasteiger partial charge is 0.490 e. The molecule has 0 aliphatic carbocycles. The molecule has 22 heteroatoms. The van der Waals surface area contributed by atoms with Crippen molar-refractivity contribution in [1.29, 1.82) is 0 Å². The van der Waals surface area contributed by atoms with Gasteiger partial charge in [0, 0.05) is 0 Å². The Morgan fingerprint density at radius 3 is 2.22 bits per heavy atom. The fourth-order valence-electron chi connectivity index (χ4n) is 2.11. The van der Waals surface area contributed by atoms with Crippen LogP contribution < -0.4 is 5.56 Å². The van der Waals surface area contributed by atoms with Gasteiger partial charge in [-0.2, -0.15) is 13.7 Å². The van der Waals surface area contributed by atoms with E-state index in [0.29, 0.717) is 11.0 Å². The van der Waals surface area contributed by atoms with Crippen molar-refractivity contribution in [2.75, 3.05) is 6.61 Å². The van der Waals surface area contributed by atoms with Crippen LogP contribution in [0, 0.1) is 0 Å². The Bertz CT molecular complexity index is 1110. The summed E-state index contributed by atoms with van der Waals surface area (Å²) in [5.74, 6) is 0. The molecule has 0 saturated carbocycles. The summed E-state index contributed by atoms with van der Waals surface area (Å²) in [5.41, 5.74) is 0.350. The molecule has 1 saturated heterocycles. The number of hydrogen-bond acceptors (Lipinski definition) is 13. The molecule has 0 bridgehead atoms. The molecule has 0 aromatic carbocycles. The van der Waals surface area contributed by atoms with Crippen molar-refractivity contribution in [3.05, 3.63) is 22.9 Å². The Kier molecular flexibility index (Phi) is 8.60. The molecule has 1 aliphatic rings. The second-order valence-electron chi connectivity index (χ2n) is 5.80. The summed E-state index contributed by atoms with van der Waals surface area (Å²) < 4.78 is 48.3. The zero-order chi connectivity index (χ0) is 24.3. The fraction of sp³-hybridized carbons (Fsp3) is 0.500. The lowest BCUT2D eigenvalue weighted by Crippen LogP contribution is -2.34. The number of phosphoric acid groups is 3. The number of H-pyrrole nitrogens is 2. The molecule has 32 heavy (non-hydrogen) atoms. The van der Waals surface area contributed by atoms with Crippen molar-refractivity contribution < 1.29 is 66.5 Å². The molecule has 2 aromatic rings. The van der Waals surface area contributed by atoms with Crippen LogP contribution in [0.15, 0.2) is 17.3 Å². The summed E-state index contributed by atoms with van der Waals surface area (Å²) in [4.78, 5) is 51.7. The van der Waals surface area contributed by atoms with Gasteiger partial charge in [0.05, 0.1) is 19.1 Å². The van der Waals surface area contributed by atoms with E-state index in [1.807, 2.05) is 0 Å². The topological polar surface area (TPSA) is 304 Å². The van der Waals surface area contributed by atoms with E-state index in [-0.39, 0.29) is 5.56 Å². The van der Waals surface area contributed by atoms with Gasteiger partial charge in [-0.15, -0.1) is 0 Å². The van der Waals surface area contributed by atoms with Crippen LogP contribution in [-0.4, -0.2) is 86.3 Å². The molecular formula is C10H17N4O15P3. The summed E-state index contributed by atoms with van der Waals surface area (Å²) in [6.45, 7) is -0.973. The highest BCUT2D eigenvalue weighted by Crippen LogP contribution is 2.66. The van der Waals surface area contributed by atoms with Gasteiger partial charge in [0.1, 0.15) is 23.7 Å². The lowest BCUT2D eigenvalue weighted by Gasteiger charge is -2.18. The molecular weight excluding hydrogens is 509 g/mol. The summed E-state index contributed by atoms with van der Waals surface area (Å²) in [6, 6.07) is 0. The number of aromatic nitrogens is 4. The van der Waals surface area contributed by atoms with E-state index in [1.54, 1.807) is 0 Å². The van der Waals surface area contributed by atoms with Crippen LogP contribution in [0.1, 0.15) is 0 Å². The number of aliphatic hydroxyl groups excluding tert-OH is 3. The van der Waals surface area contributed by atoms with E-state index in [4.69, 9.17) is 29.8 Å². The highest BCUT2D eigenvalue weighted by Gasteiger charge is 2.45. The Morgan fingerprint density at radius 1 is 1.03 bits per heavy atom. The summed E-state index contributed by atoms with van der Waals surface area (Å²) in [6.07, 6.45) is -3.89. The third-order valence-corrected chi connectivity index (χ3v) is 7.21. The van der Waals surface area contributed by atoms with Crippen molar-refractivity contribution in [2.24, 2.45) is 0 Å². The van der Waals surface area contributed by atoms with Gasteiger partial charge in [-0.05, 0) is 0 Å². The van der Waals surface area contributed by atoms with Crippen molar-refractivity contribution in [2.45, 2.75) is 24.6 Å². The van der Waals surface area contributed by atoms with Crippen molar-refractivity contribution in [3.8, 4) is 0 Å². The van der Waals surface area contributed by atoms with Gasteiger partial charge in [-0.1, -0.05) is 0 Å². The van der Waals surface area contributed by atoms with Crippen molar-refractivity contribution in [1.82, 2.24) is 20.2 Å². The number of nitrogens with one attached hydrogen (secondary N) is 2. The molecule has 0 spiro atoms. The average molecular weight is 526 g/mol. The maximum Gasteiger partial charge on any atom is 0.490 e. The number of fused-ring (bicyclic) bond motifs is 1. The van der Waals surface area contributed by atoms with Crippen molar-refractivity contribution >= 4 is 34.5 Å². The molecule has 1 aliphatic heterocycles. The van der Waals surface area contributed by atoms with Gasteiger partial charge in [0.2, 0.25) is 0 Å². The normalized spacial score (nSPS) is 27.3. The Morgan fingerprint density at radius 2 is 1.69 bits per heavy atom. The minimum Gasteiger partial charge on any atom is -0.387 e. The second kappa shape index (κ2) is 10.3. The van der Waals surface area contributed by atoms with E-state index in [0.717, 1.165) is 0 Å². The quantitative estimate of drug-likeness (QED) is 0.167. The summed E-state index contributed by atoms with van der Waals surface area (Å²) in [7, 11) is -16.5. The van der Waals surface area contributed by atoms with Gasteiger partial charge in [0.25, 0.3) is 5.56 Å². The smallest absolute Gasteiger partial charge is 0.387 e. The van der Waals surface area contributed by atoms with Crippen LogP contribution in [0.25, 0.3) is 11.0 Å². The predicted molar refractivity (Wildman–Crippen MR) is 97.2 cm³/mol. The zero-order valence-electron chi connectivity index (χ0n) is 15.3. The SMILES string of the molecule is O=P(O)(O)OP(=O)(O)OP(=O)(O)OC[C@H]1OC(O)[C@H](O)[C@@H]1O.O=c1[nH]cnc2[nH]ncc12. The van der Waals surface area contributed by atoms with Gasteiger partial charge in [-0.25, -0.2) is 18.7 Å². The molecule has 0 amide bonds. The third kappa shape index (κ3) is 7.87. The van der Waals surface area contributed by atoms with Gasteiger partial charge < -0.3 is 44.6 Å². The minimum atomic E-state index is -5.64. The van der Waals surface area contributed by atoms with Gasteiger partial charge in [0.15, 0.2) is 11.9 Å². The van der Waals surface area contributed by atoms with E-state index < -0.39 is 54.7 Å². The Balaban J connectivity index is 0.000000297. The number of aliphatic hydroxyl groups is 3. The number of rotatable bonds is 7. The minimum absolute atomic E-state index is 0.168. The maximum atomic E-state index is 11.3. The van der Waals surface area contributed by atoms with Crippen LogP contribution in [0.4, 0.5) is 0 Å². The highest BCUT2D eigenvalue weighted by atomic mass is 31.3. The number of phosphoric ester groups is 1. The third-order valence-electron chi connectivity index (χ3n) is 3.41. The molecule has 19 nitrogen and oxygen atoms in total. The number of aromatic amines is 2. The average Bonchev–Trinajstić information content (AvgIpc) is 3.19. The lowest BCUT2D eigenvalue weighted by molar-refractivity contribution is -0.132. The number of hydrogen-bond donors (Lipinski definition) is 9.